The largest absolute Gasteiger partial charge is 0.342 e. The monoisotopic (exact) mass is 345 g/mol. The topological polar surface area (TPSA) is 69.6 Å². The predicted octanol–water partition coefficient (Wildman–Crippen LogP) is 1.16. The summed E-state index contributed by atoms with van der Waals surface area (Å²) in [5.74, 6) is 1.03. The van der Waals surface area contributed by atoms with Crippen LogP contribution in [-0.4, -0.2) is 70.9 Å². The van der Waals surface area contributed by atoms with Crippen LogP contribution in [0.3, 0.4) is 0 Å². The smallest absolute Gasteiger partial charge is 0.227 e. The van der Waals surface area contributed by atoms with Crippen molar-refractivity contribution in [1.29, 1.82) is 0 Å². The standard InChI is InChI=1S/C18H27N5O2/c1-2-16(24)23-9-3-6-15(14-23)17(25)21-10-5-11-22(13-12-21)18-19-7-4-8-20-18/h4,7-8,15H,2-3,5-6,9-14H2,1H3. The molecule has 2 aliphatic heterocycles. The lowest BCUT2D eigenvalue weighted by Gasteiger charge is -2.34. The number of carbonyl (C=O) groups excluding carboxylic acids is 2. The van der Waals surface area contributed by atoms with Crippen LogP contribution in [0.1, 0.15) is 32.6 Å². The van der Waals surface area contributed by atoms with Gasteiger partial charge in [-0.15, -0.1) is 0 Å². The Morgan fingerprint density at radius 2 is 1.80 bits per heavy atom. The normalized spacial score (nSPS) is 21.8. The van der Waals surface area contributed by atoms with Crippen molar-refractivity contribution in [3.8, 4) is 0 Å². The average Bonchev–Trinajstić information content (AvgIpc) is 2.94. The van der Waals surface area contributed by atoms with Gasteiger partial charge in [-0.3, -0.25) is 9.59 Å². The molecule has 7 heteroatoms. The van der Waals surface area contributed by atoms with E-state index in [-0.39, 0.29) is 17.7 Å². The van der Waals surface area contributed by atoms with Crippen molar-refractivity contribution >= 4 is 17.8 Å². The number of amides is 2. The number of hydrogen-bond donors (Lipinski definition) is 0. The molecule has 0 N–H and O–H groups in total. The zero-order chi connectivity index (χ0) is 17.6. The highest BCUT2D eigenvalue weighted by atomic mass is 16.2. The zero-order valence-electron chi connectivity index (χ0n) is 14.9. The van der Waals surface area contributed by atoms with Gasteiger partial charge in [-0.2, -0.15) is 0 Å². The highest BCUT2D eigenvalue weighted by Gasteiger charge is 2.31. The molecule has 0 saturated carbocycles. The molecule has 25 heavy (non-hydrogen) atoms. The summed E-state index contributed by atoms with van der Waals surface area (Å²) in [5.41, 5.74) is 0. The second kappa shape index (κ2) is 8.27. The van der Waals surface area contributed by atoms with Crippen molar-refractivity contribution in [1.82, 2.24) is 19.8 Å². The number of aromatic nitrogens is 2. The van der Waals surface area contributed by atoms with E-state index in [2.05, 4.69) is 14.9 Å². The first-order chi connectivity index (χ1) is 12.2. The lowest BCUT2D eigenvalue weighted by atomic mass is 9.96. The van der Waals surface area contributed by atoms with E-state index in [0.29, 0.717) is 19.5 Å². The van der Waals surface area contributed by atoms with Crippen molar-refractivity contribution in [3.05, 3.63) is 18.5 Å². The molecule has 0 spiro atoms. The minimum absolute atomic E-state index is 0.0521. The molecule has 1 aromatic heterocycles. The lowest BCUT2D eigenvalue weighted by Crippen LogP contribution is -2.47. The Kier molecular flexibility index (Phi) is 5.83. The SMILES string of the molecule is CCC(=O)N1CCCC(C(=O)N2CCCN(c3ncccn3)CC2)C1. The van der Waals surface area contributed by atoms with Crippen molar-refractivity contribution in [3.63, 3.8) is 0 Å². The molecule has 1 aromatic rings. The van der Waals surface area contributed by atoms with E-state index in [1.165, 1.54) is 0 Å². The number of carbonyl (C=O) groups is 2. The Bertz CT molecular complexity index is 594. The van der Waals surface area contributed by atoms with Gasteiger partial charge in [-0.05, 0) is 25.3 Å². The van der Waals surface area contributed by atoms with Gasteiger partial charge >= 0.3 is 0 Å². The molecule has 0 radical (unpaired) electrons. The molecular formula is C18H27N5O2. The van der Waals surface area contributed by atoms with Gasteiger partial charge in [0.1, 0.15) is 0 Å². The van der Waals surface area contributed by atoms with Crippen LogP contribution in [0.25, 0.3) is 0 Å². The third kappa shape index (κ3) is 4.27. The van der Waals surface area contributed by atoms with Crippen molar-refractivity contribution in [2.24, 2.45) is 5.92 Å². The number of nitrogens with zero attached hydrogens (tertiary/aromatic N) is 5. The minimum Gasteiger partial charge on any atom is -0.342 e. The van der Waals surface area contributed by atoms with Gasteiger partial charge in [0.25, 0.3) is 0 Å². The van der Waals surface area contributed by atoms with E-state index in [9.17, 15) is 9.59 Å². The molecular weight excluding hydrogens is 318 g/mol. The predicted molar refractivity (Wildman–Crippen MR) is 95.0 cm³/mol. The summed E-state index contributed by atoms with van der Waals surface area (Å²) in [6.07, 6.45) is 6.72. The molecule has 2 amide bonds. The van der Waals surface area contributed by atoms with E-state index in [1.807, 2.05) is 22.8 Å². The van der Waals surface area contributed by atoms with Crippen molar-refractivity contribution < 1.29 is 9.59 Å². The van der Waals surface area contributed by atoms with Crippen molar-refractivity contribution in [2.75, 3.05) is 44.2 Å². The third-order valence-corrected chi connectivity index (χ3v) is 5.07. The van der Waals surface area contributed by atoms with Crippen LogP contribution in [0, 0.1) is 5.92 Å². The number of piperidine rings is 1. The second-order valence-electron chi connectivity index (χ2n) is 6.75. The van der Waals surface area contributed by atoms with E-state index in [4.69, 9.17) is 0 Å². The van der Waals surface area contributed by atoms with Gasteiger partial charge in [0.05, 0.1) is 5.92 Å². The van der Waals surface area contributed by atoms with Gasteiger partial charge in [0.15, 0.2) is 0 Å². The van der Waals surface area contributed by atoms with Crippen LogP contribution in [0.4, 0.5) is 5.95 Å². The van der Waals surface area contributed by atoms with E-state index >= 15 is 0 Å². The highest BCUT2D eigenvalue weighted by molar-refractivity contribution is 5.81. The van der Waals surface area contributed by atoms with Crippen LogP contribution < -0.4 is 4.90 Å². The summed E-state index contributed by atoms with van der Waals surface area (Å²) in [6.45, 7) is 6.31. The second-order valence-corrected chi connectivity index (χ2v) is 6.75. The van der Waals surface area contributed by atoms with E-state index < -0.39 is 0 Å². The fourth-order valence-corrected chi connectivity index (χ4v) is 3.68. The molecule has 0 bridgehead atoms. The molecule has 0 aliphatic carbocycles. The summed E-state index contributed by atoms with van der Waals surface area (Å²) >= 11 is 0. The minimum atomic E-state index is -0.0521. The van der Waals surface area contributed by atoms with E-state index in [0.717, 1.165) is 51.4 Å². The molecule has 7 nitrogen and oxygen atoms in total. The zero-order valence-corrected chi connectivity index (χ0v) is 14.9. The molecule has 2 fully saturated rings. The molecule has 3 rings (SSSR count). The first-order valence-electron chi connectivity index (χ1n) is 9.27. The van der Waals surface area contributed by atoms with Crippen LogP contribution in [-0.2, 0) is 9.59 Å². The number of hydrogen-bond acceptors (Lipinski definition) is 5. The fourth-order valence-electron chi connectivity index (χ4n) is 3.68. The Morgan fingerprint density at radius 1 is 1.04 bits per heavy atom. The Morgan fingerprint density at radius 3 is 2.56 bits per heavy atom. The Labute approximate surface area is 149 Å². The molecule has 136 valence electrons. The van der Waals surface area contributed by atoms with Crippen LogP contribution in [0.2, 0.25) is 0 Å². The Hall–Kier alpha value is -2.18. The van der Waals surface area contributed by atoms with Gasteiger partial charge in [0, 0.05) is 58.1 Å². The highest BCUT2D eigenvalue weighted by Crippen LogP contribution is 2.21. The molecule has 1 atom stereocenters. The summed E-state index contributed by atoms with van der Waals surface area (Å²) < 4.78 is 0. The lowest BCUT2D eigenvalue weighted by molar-refractivity contribution is -0.140. The van der Waals surface area contributed by atoms with Gasteiger partial charge in [-0.1, -0.05) is 6.92 Å². The van der Waals surface area contributed by atoms with Gasteiger partial charge < -0.3 is 14.7 Å². The molecule has 0 aromatic carbocycles. The number of likely N-dealkylation sites (tertiary alicyclic amines) is 1. The van der Waals surface area contributed by atoms with E-state index in [1.54, 1.807) is 12.4 Å². The summed E-state index contributed by atoms with van der Waals surface area (Å²) in [5, 5.41) is 0. The summed E-state index contributed by atoms with van der Waals surface area (Å²) in [4.78, 5) is 39.5. The molecule has 2 saturated heterocycles. The molecule has 3 heterocycles. The van der Waals surface area contributed by atoms with Crippen LogP contribution in [0.15, 0.2) is 18.5 Å². The number of anilines is 1. The third-order valence-electron chi connectivity index (χ3n) is 5.07. The number of rotatable bonds is 3. The molecule has 2 aliphatic rings. The molecule has 1 unspecified atom stereocenters. The van der Waals surface area contributed by atoms with Gasteiger partial charge in [0.2, 0.25) is 17.8 Å². The average molecular weight is 345 g/mol. The van der Waals surface area contributed by atoms with Crippen LogP contribution in [0.5, 0.6) is 0 Å². The maximum absolute atomic E-state index is 12.9. The fraction of sp³-hybridized carbons (Fsp3) is 0.667. The van der Waals surface area contributed by atoms with Crippen molar-refractivity contribution in [2.45, 2.75) is 32.6 Å². The quantitative estimate of drug-likeness (QED) is 0.822. The summed E-state index contributed by atoms with van der Waals surface area (Å²) in [7, 11) is 0. The first-order valence-corrected chi connectivity index (χ1v) is 9.27. The van der Waals surface area contributed by atoms with Gasteiger partial charge in [-0.25, -0.2) is 9.97 Å². The Balaban J connectivity index is 1.58. The first kappa shape index (κ1) is 17.6. The summed E-state index contributed by atoms with van der Waals surface area (Å²) in [6, 6.07) is 1.81. The van der Waals surface area contributed by atoms with Crippen LogP contribution >= 0.6 is 0 Å². The maximum atomic E-state index is 12.9. The maximum Gasteiger partial charge on any atom is 0.227 e.